The largest absolute Gasteiger partial charge is 0.342 e. The first kappa shape index (κ1) is 11.0. The number of fused-ring (bicyclic) bond motifs is 2. The summed E-state index contributed by atoms with van der Waals surface area (Å²) in [6, 6.07) is 4.45. The fraction of sp³-hybridized carbons (Fsp3) is 0.500. The minimum Gasteiger partial charge on any atom is -0.342 e. The molecule has 94 valence electrons. The van der Waals surface area contributed by atoms with Gasteiger partial charge in [0, 0.05) is 21.7 Å². The van der Waals surface area contributed by atoms with E-state index in [0.717, 1.165) is 10.1 Å². The van der Waals surface area contributed by atoms with Crippen molar-refractivity contribution in [2.45, 2.75) is 31.2 Å². The summed E-state index contributed by atoms with van der Waals surface area (Å²) in [5.41, 5.74) is 2.67. The van der Waals surface area contributed by atoms with Gasteiger partial charge in [-0.15, -0.1) is 0 Å². The van der Waals surface area contributed by atoms with Crippen molar-refractivity contribution in [3.05, 3.63) is 28.5 Å². The summed E-state index contributed by atoms with van der Waals surface area (Å²) in [4.78, 5) is 10.7. The first-order chi connectivity index (χ1) is 8.78. The molecule has 3 nitrogen and oxygen atoms in total. The Hall–Kier alpha value is -0.870. The van der Waals surface area contributed by atoms with E-state index >= 15 is 0 Å². The van der Waals surface area contributed by atoms with Crippen molar-refractivity contribution in [2.24, 2.45) is 0 Å². The molecule has 4 rings (SSSR count). The molecule has 0 aliphatic carbocycles. The molecule has 2 aromatic rings. The average Bonchev–Trinajstić information content (AvgIpc) is 2.99. The molecule has 2 fully saturated rings. The Morgan fingerprint density at radius 1 is 1.22 bits per heavy atom. The van der Waals surface area contributed by atoms with Gasteiger partial charge in [-0.1, -0.05) is 0 Å². The second-order valence-electron chi connectivity index (χ2n) is 5.50. The molecular formula is C14H16BrN3. The number of aromatic nitrogens is 2. The highest BCUT2D eigenvalue weighted by Gasteiger charge is 2.46. The van der Waals surface area contributed by atoms with E-state index in [9.17, 15) is 0 Å². The van der Waals surface area contributed by atoms with E-state index in [-0.39, 0.29) is 5.54 Å². The van der Waals surface area contributed by atoms with Crippen LogP contribution in [0, 0.1) is 0 Å². The van der Waals surface area contributed by atoms with Crippen LogP contribution in [0.2, 0.25) is 0 Å². The number of aromatic amines is 1. The van der Waals surface area contributed by atoms with Crippen LogP contribution in [0.25, 0.3) is 11.0 Å². The fourth-order valence-corrected chi connectivity index (χ4v) is 4.13. The van der Waals surface area contributed by atoms with Crippen LogP contribution in [0.5, 0.6) is 0 Å². The third kappa shape index (κ3) is 1.42. The Morgan fingerprint density at radius 2 is 2.00 bits per heavy atom. The van der Waals surface area contributed by atoms with Crippen LogP contribution in [-0.2, 0) is 5.54 Å². The van der Waals surface area contributed by atoms with E-state index in [1.54, 1.807) is 0 Å². The molecule has 2 aliphatic heterocycles. The number of hydrogen-bond acceptors (Lipinski definition) is 2. The molecule has 2 aromatic heterocycles. The first-order valence-electron chi connectivity index (χ1n) is 6.68. The molecule has 4 heterocycles. The Labute approximate surface area is 115 Å². The Morgan fingerprint density at radius 3 is 2.78 bits per heavy atom. The highest BCUT2D eigenvalue weighted by molar-refractivity contribution is 9.10. The lowest BCUT2D eigenvalue weighted by Crippen LogP contribution is -2.35. The third-order valence-corrected chi connectivity index (χ3v) is 5.01. The maximum absolute atomic E-state index is 4.46. The quantitative estimate of drug-likeness (QED) is 0.875. The minimum atomic E-state index is 0.285. The van der Waals surface area contributed by atoms with Crippen molar-refractivity contribution in [1.29, 1.82) is 0 Å². The minimum absolute atomic E-state index is 0.285. The maximum atomic E-state index is 4.46. The molecule has 0 atom stereocenters. The molecule has 18 heavy (non-hydrogen) atoms. The number of H-pyrrole nitrogens is 1. The molecule has 0 spiro atoms. The van der Waals surface area contributed by atoms with Crippen molar-refractivity contribution in [3.8, 4) is 0 Å². The maximum Gasteiger partial charge on any atom is 0.137 e. The van der Waals surface area contributed by atoms with Gasteiger partial charge in [-0.25, -0.2) is 4.98 Å². The van der Waals surface area contributed by atoms with Gasteiger partial charge in [-0.05, 0) is 66.8 Å². The molecule has 1 N–H and O–H groups in total. The molecule has 0 aromatic carbocycles. The Kier molecular flexibility index (Phi) is 2.33. The van der Waals surface area contributed by atoms with Crippen LogP contribution in [0.1, 0.15) is 31.4 Å². The smallest absolute Gasteiger partial charge is 0.137 e. The lowest BCUT2D eigenvalue weighted by molar-refractivity contribution is 0.193. The number of rotatable bonds is 1. The summed E-state index contributed by atoms with van der Waals surface area (Å²) in [5.74, 6) is 0. The van der Waals surface area contributed by atoms with Gasteiger partial charge < -0.3 is 4.98 Å². The number of nitrogens with one attached hydrogen (secondary N) is 1. The Balaban J connectivity index is 1.87. The van der Waals surface area contributed by atoms with Crippen LogP contribution in [0.3, 0.4) is 0 Å². The summed E-state index contributed by atoms with van der Waals surface area (Å²) in [7, 11) is 0. The standard InChI is InChI=1S/C14H16BrN3/c15-11-7-10-8-12(17-13(10)16-9-11)14-3-1-5-18(14)6-2-4-14/h7-9H,1-6H2,(H,16,17). The zero-order chi connectivity index (χ0) is 12.2. The van der Waals surface area contributed by atoms with Gasteiger partial charge >= 0.3 is 0 Å². The van der Waals surface area contributed by atoms with Gasteiger partial charge in [0.05, 0.1) is 5.54 Å². The number of hydrogen-bond donors (Lipinski definition) is 1. The van der Waals surface area contributed by atoms with E-state index in [0.29, 0.717) is 0 Å². The fourth-order valence-electron chi connectivity index (χ4n) is 3.78. The van der Waals surface area contributed by atoms with E-state index < -0.39 is 0 Å². The summed E-state index contributed by atoms with van der Waals surface area (Å²) in [5, 5.41) is 1.22. The molecule has 0 saturated carbocycles. The highest BCUT2D eigenvalue weighted by Crippen LogP contribution is 2.46. The molecule has 2 saturated heterocycles. The number of nitrogens with zero attached hydrogens (tertiary/aromatic N) is 2. The number of pyridine rings is 1. The molecule has 0 radical (unpaired) electrons. The summed E-state index contributed by atoms with van der Waals surface area (Å²) < 4.78 is 1.05. The number of halogens is 1. The third-order valence-electron chi connectivity index (χ3n) is 4.58. The zero-order valence-corrected chi connectivity index (χ0v) is 11.8. The topological polar surface area (TPSA) is 31.9 Å². The van der Waals surface area contributed by atoms with E-state index in [1.165, 1.54) is 49.9 Å². The van der Waals surface area contributed by atoms with Crippen molar-refractivity contribution in [1.82, 2.24) is 14.9 Å². The zero-order valence-electron chi connectivity index (χ0n) is 10.2. The highest BCUT2D eigenvalue weighted by atomic mass is 79.9. The molecular weight excluding hydrogens is 290 g/mol. The second kappa shape index (κ2) is 3.81. The molecule has 0 bridgehead atoms. The van der Waals surface area contributed by atoms with Gasteiger partial charge in [0.25, 0.3) is 0 Å². The van der Waals surface area contributed by atoms with E-state index in [2.05, 4.69) is 42.9 Å². The lowest BCUT2D eigenvalue weighted by Gasteiger charge is -2.31. The molecule has 0 unspecified atom stereocenters. The summed E-state index contributed by atoms with van der Waals surface area (Å²) >= 11 is 3.49. The summed E-state index contributed by atoms with van der Waals surface area (Å²) in [6.07, 6.45) is 7.10. The van der Waals surface area contributed by atoms with Gasteiger partial charge in [0.2, 0.25) is 0 Å². The first-order valence-corrected chi connectivity index (χ1v) is 7.47. The van der Waals surface area contributed by atoms with E-state index in [1.807, 2.05) is 6.20 Å². The average molecular weight is 306 g/mol. The van der Waals surface area contributed by atoms with Gasteiger partial charge in [-0.2, -0.15) is 0 Å². The monoisotopic (exact) mass is 305 g/mol. The SMILES string of the molecule is Brc1cnc2[nH]c(C34CCCN3CCC4)cc2c1. The van der Waals surface area contributed by atoms with Crippen LogP contribution in [0.15, 0.2) is 22.8 Å². The van der Waals surface area contributed by atoms with E-state index in [4.69, 9.17) is 0 Å². The Bertz CT molecular complexity index is 594. The summed E-state index contributed by atoms with van der Waals surface area (Å²) in [6.45, 7) is 2.51. The predicted molar refractivity (Wildman–Crippen MR) is 75.5 cm³/mol. The van der Waals surface area contributed by atoms with Crippen molar-refractivity contribution in [2.75, 3.05) is 13.1 Å². The van der Waals surface area contributed by atoms with Crippen molar-refractivity contribution in [3.63, 3.8) is 0 Å². The van der Waals surface area contributed by atoms with Gasteiger partial charge in [-0.3, -0.25) is 4.90 Å². The second-order valence-corrected chi connectivity index (χ2v) is 6.42. The van der Waals surface area contributed by atoms with Crippen LogP contribution in [-0.4, -0.2) is 28.0 Å². The lowest BCUT2D eigenvalue weighted by atomic mass is 9.90. The van der Waals surface area contributed by atoms with Crippen LogP contribution < -0.4 is 0 Å². The van der Waals surface area contributed by atoms with Crippen LogP contribution in [0.4, 0.5) is 0 Å². The van der Waals surface area contributed by atoms with Gasteiger partial charge in [0.15, 0.2) is 0 Å². The molecule has 2 aliphatic rings. The van der Waals surface area contributed by atoms with Gasteiger partial charge in [0.1, 0.15) is 5.65 Å². The normalized spacial score (nSPS) is 22.7. The van der Waals surface area contributed by atoms with Crippen molar-refractivity contribution < 1.29 is 0 Å². The van der Waals surface area contributed by atoms with Crippen molar-refractivity contribution >= 4 is 27.0 Å². The molecule has 0 amide bonds. The molecule has 4 heteroatoms. The predicted octanol–water partition coefficient (Wildman–Crippen LogP) is 3.41. The van der Waals surface area contributed by atoms with Crippen LogP contribution >= 0.6 is 15.9 Å².